The molecule has 0 saturated carbocycles. The minimum Gasteiger partial charge on any atom is -0.336 e. The predicted molar refractivity (Wildman–Crippen MR) is 102 cm³/mol. The average molecular weight is 394 g/mol. The Morgan fingerprint density at radius 2 is 2.00 bits per heavy atom. The standard InChI is InChI=1S/C17H20ClN5O2S/c1-10(2)19-17(25)23-9-3-4-13(23)15-21-22-16(26-15)14(24)20-12-7-5-11(18)6-8-12/h5-8,10,13H,3-4,9H2,1-2H3,(H,19,25)(H,20,24)/t13-/m0/s1. The molecule has 0 spiro atoms. The van der Waals surface area contributed by atoms with Crippen LogP contribution in [0.1, 0.15) is 47.5 Å². The molecule has 3 amide bonds. The van der Waals surface area contributed by atoms with E-state index in [2.05, 4.69) is 20.8 Å². The van der Waals surface area contributed by atoms with Crippen LogP contribution >= 0.6 is 22.9 Å². The van der Waals surface area contributed by atoms with E-state index in [0.29, 0.717) is 22.3 Å². The summed E-state index contributed by atoms with van der Waals surface area (Å²) in [5.41, 5.74) is 0.634. The van der Waals surface area contributed by atoms with E-state index in [4.69, 9.17) is 11.6 Å². The third-order valence-corrected chi connectivity index (χ3v) is 5.22. The predicted octanol–water partition coefficient (Wildman–Crippen LogP) is 3.70. The molecule has 2 N–H and O–H groups in total. The molecule has 1 aromatic carbocycles. The van der Waals surface area contributed by atoms with Gasteiger partial charge in [0.05, 0.1) is 6.04 Å². The van der Waals surface area contributed by atoms with E-state index in [1.54, 1.807) is 29.2 Å². The highest BCUT2D eigenvalue weighted by Crippen LogP contribution is 2.33. The zero-order chi connectivity index (χ0) is 18.7. The molecule has 1 atom stereocenters. The van der Waals surface area contributed by atoms with Gasteiger partial charge in [0, 0.05) is 23.3 Å². The summed E-state index contributed by atoms with van der Waals surface area (Å²) >= 11 is 7.06. The van der Waals surface area contributed by atoms with Gasteiger partial charge in [-0.3, -0.25) is 4.79 Å². The molecule has 9 heteroatoms. The van der Waals surface area contributed by atoms with Gasteiger partial charge < -0.3 is 15.5 Å². The van der Waals surface area contributed by atoms with Crippen LogP contribution in [-0.2, 0) is 0 Å². The van der Waals surface area contributed by atoms with Crippen molar-refractivity contribution in [3.8, 4) is 0 Å². The summed E-state index contributed by atoms with van der Waals surface area (Å²) in [5.74, 6) is -0.327. The maximum atomic E-state index is 12.4. The van der Waals surface area contributed by atoms with Crippen LogP contribution in [0.25, 0.3) is 0 Å². The van der Waals surface area contributed by atoms with Gasteiger partial charge in [-0.25, -0.2) is 4.79 Å². The van der Waals surface area contributed by atoms with Crippen molar-refractivity contribution >= 4 is 40.6 Å². The largest absolute Gasteiger partial charge is 0.336 e. The molecular formula is C17H20ClN5O2S. The normalized spacial score (nSPS) is 16.8. The van der Waals surface area contributed by atoms with Crippen LogP contribution in [-0.4, -0.2) is 39.6 Å². The molecule has 2 aromatic rings. The number of rotatable bonds is 4. The number of carbonyl (C=O) groups excluding carboxylic acids is 2. The highest BCUT2D eigenvalue weighted by atomic mass is 35.5. The lowest BCUT2D eigenvalue weighted by atomic mass is 10.2. The zero-order valence-corrected chi connectivity index (χ0v) is 16.1. The van der Waals surface area contributed by atoms with Crippen LogP contribution in [0, 0.1) is 0 Å². The van der Waals surface area contributed by atoms with E-state index in [9.17, 15) is 9.59 Å². The minimum absolute atomic E-state index is 0.0684. The van der Waals surface area contributed by atoms with E-state index in [1.807, 2.05) is 13.8 Å². The first kappa shape index (κ1) is 18.6. The molecule has 0 bridgehead atoms. The molecule has 1 aromatic heterocycles. The number of nitrogens with zero attached hydrogens (tertiary/aromatic N) is 3. The van der Waals surface area contributed by atoms with E-state index >= 15 is 0 Å². The molecule has 138 valence electrons. The Balaban J connectivity index is 1.69. The van der Waals surface area contributed by atoms with Crippen LogP contribution in [0.5, 0.6) is 0 Å². The van der Waals surface area contributed by atoms with E-state index in [1.165, 1.54) is 11.3 Å². The average Bonchev–Trinajstić information content (AvgIpc) is 3.25. The number of nitrogens with one attached hydrogen (secondary N) is 2. The van der Waals surface area contributed by atoms with Crippen LogP contribution in [0.15, 0.2) is 24.3 Å². The number of hydrogen-bond donors (Lipinski definition) is 2. The number of halogens is 1. The number of benzene rings is 1. The Labute approximate surface area is 160 Å². The van der Waals surface area contributed by atoms with E-state index in [-0.39, 0.29) is 29.0 Å². The van der Waals surface area contributed by atoms with Gasteiger partial charge in [-0.05, 0) is 51.0 Å². The highest BCUT2D eigenvalue weighted by Gasteiger charge is 2.33. The maximum Gasteiger partial charge on any atom is 0.318 e. The van der Waals surface area contributed by atoms with Crippen LogP contribution in [0.3, 0.4) is 0 Å². The Kier molecular flexibility index (Phi) is 5.73. The SMILES string of the molecule is CC(C)NC(=O)N1CCC[C@H]1c1nnc(C(=O)Nc2ccc(Cl)cc2)s1. The Morgan fingerprint density at radius 3 is 2.69 bits per heavy atom. The second kappa shape index (κ2) is 8.01. The van der Waals surface area contributed by atoms with Gasteiger partial charge in [0.1, 0.15) is 5.01 Å². The fraction of sp³-hybridized carbons (Fsp3) is 0.412. The smallest absolute Gasteiger partial charge is 0.318 e. The van der Waals surface area contributed by atoms with Crippen LogP contribution in [0.4, 0.5) is 10.5 Å². The first-order valence-electron chi connectivity index (χ1n) is 8.41. The summed E-state index contributed by atoms with van der Waals surface area (Å²) in [7, 11) is 0. The molecule has 0 unspecified atom stereocenters. The lowest BCUT2D eigenvalue weighted by Crippen LogP contribution is -2.42. The second-order valence-electron chi connectivity index (χ2n) is 6.36. The molecule has 1 saturated heterocycles. The third-order valence-electron chi connectivity index (χ3n) is 3.95. The summed E-state index contributed by atoms with van der Waals surface area (Å²) < 4.78 is 0. The summed E-state index contributed by atoms with van der Waals surface area (Å²) in [5, 5.41) is 15.4. The molecule has 3 rings (SSSR count). The van der Waals surface area contributed by atoms with Gasteiger partial charge in [-0.1, -0.05) is 22.9 Å². The minimum atomic E-state index is -0.327. The first-order valence-corrected chi connectivity index (χ1v) is 9.61. The molecule has 1 aliphatic heterocycles. The summed E-state index contributed by atoms with van der Waals surface area (Å²) in [6.45, 7) is 4.52. The van der Waals surface area contributed by atoms with Crippen molar-refractivity contribution in [2.75, 3.05) is 11.9 Å². The molecule has 1 aliphatic rings. The maximum absolute atomic E-state index is 12.4. The number of anilines is 1. The lowest BCUT2D eigenvalue weighted by Gasteiger charge is -2.24. The van der Waals surface area contributed by atoms with Crippen molar-refractivity contribution in [1.82, 2.24) is 20.4 Å². The second-order valence-corrected chi connectivity index (χ2v) is 7.81. The number of likely N-dealkylation sites (tertiary alicyclic amines) is 1. The van der Waals surface area contributed by atoms with Gasteiger partial charge >= 0.3 is 6.03 Å². The van der Waals surface area contributed by atoms with Crippen molar-refractivity contribution in [1.29, 1.82) is 0 Å². The summed E-state index contributed by atoms with van der Waals surface area (Å²) in [6, 6.07) is 6.67. The molecule has 2 heterocycles. The van der Waals surface area contributed by atoms with Crippen LogP contribution < -0.4 is 10.6 Å². The third kappa shape index (κ3) is 4.31. The molecule has 0 aliphatic carbocycles. The lowest BCUT2D eigenvalue weighted by molar-refractivity contribution is 0.102. The quantitative estimate of drug-likeness (QED) is 0.829. The molecule has 0 radical (unpaired) electrons. The number of hydrogen-bond acceptors (Lipinski definition) is 5. The number of carbonyl (C=O) groups is 2. The van der Waals surface area contributed by atoms with Gasteiger partial charge in [0.2, 0.25) is 5.01 Å². The van der Waals surface area contributed by atoms with Gasteiger partial charge in [0.15, 0.2) is 0 Å². The fourth-order valence-corrected chi connectivity index (χ4v) is 3.79. The van der Waals surface area contributed by atoms with E-state index in [0.717, 1.165) is 12.8 Å². The monoisotopic (exact) mass is 393 g/mol. The Bertz CT molecular complexity index is 793. The Morgan fingerprint density at radius 1 is 1.27 bits per heavy atom. The number of amides is 3. The van der Waals surface area contributed by atoms with Gasteiger partial charge in [0.25, 0.3) is 5.91 Å². The molecule has 1 fully saturated rings. The molecular weight excluding hydrogens is 374 g/mol. The van der Waals surface area contributed by atoms with Gasteiger partial charge in [-0.2, -0.15) is 0 Å². The van der Waals surface area contributed by atoms with Gasteiger partial charge in [-0.15, -0.1) is 10.2 Å². The molecule has 26 heavy (non-hydrogen) atoms. The summed E-state index contributed by atoms with van der Waals surface area (Å²) in [4.78, 5) is 26.5. The number of aromatic nitrogens is 2. The van der Waals surface area contributed by atoms with Crippen molar-refractivity contribution in [2.24, 2.45) is 0 Å². The first-order chi connectivity index (χ1) is 12.4. The van der Waals surface area contributed by atoms with E-state index < -0.39 is 0 Å². The highest BCUT2D eigenvalue weighted by molar-refractivity contribution is 7.13. The summed E-state index contributed by atoms with van der Waals surface area (Å²) in [6.07, 6.45) is 1.72. The van der Waals surface area contributed by atoms with Crippen molar-refractivity contribution in [3.05, 3.63) is 39.3 Å². The topological polar surface area (TPSA) is 87.2 Å². The van der Waals surface area contributed by atoms with Crippen molar-refractivity contribution < 1.29 is 9.59 Å². The fourth-order valence-electron chi connectivity index (χ4n) is 2.78. The van der Waals surface area contributed by atoms with Crippen molar-refractivity contribution in [3.63, 3.8) is 0 Å². The zero-order valence-electron chi connectivity index (χ0n) is 14.5. The Hall–Kier alpha value is -2.19. The molecule has 7 nitrogen and oxygen atoms in total. The van der Waals surface area contributed by atoms with Crippen LogP contribution in [0.2, 0.25) is 5.02 Å². The van der Waals surface area contributed by atoms with Crippen molar-refractivity contribution in [2.45, 2.75) is 38.8 Å². The number of urea groups is 1.